The number of aryl methyl sites for hydroxylation is 1. The van der Waals surface area contributed by atoms with Gasteiger partial charge in [-0.15, -0.1) is 0 Å². The number of hydrogen-bond donors (Lipinski definition) is 4. The maximum absolute atomic E-state index is 13.5. The number of piperidine rings is 1. The molecule has 4 aromatic rings. The molecule has 0 bridgehead atoms. The number of nitrogens with zero attached hydrogens (tertiary/aromatic N) is 4. The van der Waals surface area contributed by atoms with Gasteiger partial charge in [-0.3, -0.25) is 19.4 Å². The van der Waals surface area contributed by atoms with Crippen LogP contribution in [0, 0.1) is 0 Å². The smallest absolute Gasteiger partial charge is 0.323 e. The van der Waals surface area contributed by atoms with Crippen molar-refractivity contribution in [2.24, 2.45) is 0 Å². The summed E-state index contributed by atoms with van der Waals surface area (Å²) >= 11 is 12.3. The highest BCUT2D eigenvalue weighted by atomic mass is 35.5. The van der Waals surface area contributed by atoms with Crippen molar-refractivity contribution in [1.29, 1.82) is 0 Å². The summed E-state index contributed by atoms with van der Waals surface area (Å²) in [5, 5.41) is 16.2. The molecular weight excluding hydrogens is 703 g/mol. The fraction of sp³-hybridized carbons (Fsp3) is 0.368. The molecule has 6 rings (SSSR count). The number of amides is 4. The normalized spacial score (nSPS) is 14.9. The Hall–Kier alpha value is -4.78. The van der Waals surface area contributed by atoms with Crippen LogP contribution in [0.5, 0.6) is 0 Å². The molecule has 1 saturated carbocycles. The maximum Gasteiger partial charge on any atom is 0.323 e. The Morgan fingerprint density at radius 2 is 1.52 bits per heavy atom. The van der Waals surface area contributed by atoms with E-state index in [9.17, 15) is 19.2 Å². The Morgan fingerprint density at radius 3 is 2.23 bits per heavy atom. The van der Waals surface area contributed by atoms with Gasteiger partial charge >= 0.3 is 6.03 Å². The van der Waals surface area contributed by atoms with Gasteiger partial charge in [0.05, 0.1) is 21.4 Å². The van der Waals surface area contributed by atoms with Crippen LogP contribution in [0.25, 0.3) is 22.4 Å². The Balaban J connectivity index is 1.28. The second-order valence-corrected chi connectivity index (χ2v) is 13.9. The van der Waals surface area contributed by atoms with Gasteiger partial charge in [0.1, 0.15) is 5.69 Å². The first kappa shape index (κ1) is 37.0. The van der Waals surface area contributed by atoms with Gasteiger partial charge in [-0.25, -0.2) is 9.48 Å². The van der Waals surface area contributed by atoms with Crippen molar-refractivity contribution in [2.45, 2.75) is 64.5 Å². The second-order valence-electron chi connectivity index (χ2n) is 13.1. The lowest BCUT2D eigenvalue weighted by molar-refractivity contribution is 0.0937. The quantitative estimate of drug-likeness (QED) is 0.131. The van der Waals surface area contributed by atoms with Crippen LogP contribution in [0.1, 0.15) is 72.6 Å². The highest BCUT2D eigenvalue weighted by Gasteiger charge is 2.21. The first-order valence-electron chi connectivity index (χ1n) is 17.7. The minimum atomic E-state index is -0.727. The molecule has 0 radical (unpaired) electrons. The largest absolute Gasteiger partial charge is 0.351 e. The van der Waals surface area contributed by atoms with E-state index in [1.54, 1.807) is 25.1 Å². The standard InChI is InChI=1S/C38H42Cl2N8O4/c1-2-48-37(51)33(44-38(52)45-34-30(39)22-41-23-31(34)40)21-32(46-48)25-10-8-9-24(17-25)26-18-27(35(49)42-13-16-47-14-6-3-7-15-47)20-28(19-26)36(50)43-29-11-4-5-12-29/h8-10,17-23,29H,2-7,11-16H2,1H3,(H,42,49)(H,43,50)(H2,41,44,45,52). The molecule has 12 nitrogen and oxygen atoms in total. The highest BCUT2D eigenvalue weighted by molar-refractivity contribution is 6.39. The van der Waals surface area contributed by atoms with E-state index in [0.29, 0.717) is 34.5 Å². The lowest BCUT2D eigenvalue weighted by Gasteiger charge is -2.26. The highest BCUT2D eigenvalue weighted by Crippen LogP contribution is 2.30. The zero-order valence-corrected chi connectivity index (χ0v) is 30.5. The number of benzene rings is 2. The molecule has 14 heteroatoms. The number of aromatic nitrogens is 3. The topological polar surface area (TPSA) is 150 Å². The molecule has 4 N–H and O–H groups in total. The number of rotatable bonds is 11. The Morgan fingerprint density at radius 1 is 0.827 bits per heavy atom. The van der Waals surface area contributed by atoms with Crippen LogP contribution in [-0.2, 0) is 6.54 Å². The molecule has 1 aliphatic heterocycles. The van der Waals surface area contributed by atoms with E-state index in [4.69, 9.17) is 23.2 Å². The molecular formula is C38H42Cl2N8O4. The van der Waals surface area contributed by atoms with Crippen LogP contribution in [-0.4, -0.2) is 69.7 Å². The minimum absolute atomic E-state index is 0.00912. The third-order valence-corrected chi connectivity index (χ3v) is 9.99. The van der Waals surface area contributed by atoms with E-state index in [1.807, 2.05) is 24.3 Å². The summed E-state index contributed by atoms with van der Waals surface area (Å²) in [6.07, 6.45) is 10.3. The van der Waals surface area contributed by atoms with Crippen LogP contribution in [0.15, 0.2) is 65.7 Å². The van der Waals surface area contributed by atoms with Crippen LogP contribution >= 0.6 is 23.2 Å². The van der Waals surface area contributed by atoms with E-state index >= 15 is 0 Å². The van der Waals surface area contributed by atoms with Gasteiger partial charge in [0.2, 0.25) is 0 Å². The molecule has 3 heterocycles. The average Bonchev–Trinajstić information content (AvgIpc) is 3.67. The molecule has 1 saturated heterocycles. The lowest BCUT2D eigenvalue weighted by Crippen LogP contribution is -2.37. The molecule has 2 aliphatic rings. The zero-order chi connectivity index (χ0) is 36.6. The van der Waals surface area contributed by atoms with Crippen molar-refractivity contribution in [3.05, 3.63) is 92.5 Å². The number of carbonyl (C=O) groups is 3. The Labute approximate surface area is 312 Å². The van der Waals surface area contributed by atoms with E-state index in [2.05, 4.69) is 36.2 Å². The van der Waals surface area contributed by atoms with Crippen LogP contribution in [0.3, 0.4) is 0 Å². The molecule has 4 amide bonds. The number of pyridine rings is 1. The zero-order valence-electron chi connectivity index (χ0n) is 29.0. The fourth-order valence-electron chi connectivity index (χ4n) is 6.65. The summed E-state index contributed by atoms with van der Waals surface area (Å²) in [7, 11) is 0. The van der Waals surface area contributed by atoms with Crippen molar-refractivity contribution < 1.29 is 14.4 Å². The Bertz CT molecular complexity index is 1990. The number of nitrogens with one attached hydrogen (secondary N) is 4. The van der Waals surface area contributed by atoms with E-state index in [-0.39, 0.29) is 45.8 Å². The number of anilines is 2. The summed E-state index contributed by atoms with van der Waals surface area (Å²) in [6, 6.07) is 13.6. The molecule has 0 atom stereocenters. The van der Waals surface area contributed by atoms with Crippen LogP contribution in [0.2, 0.25) is 10.0 Å². The summed E-state index contributed by atoms with van der Waals surface area (Å²) in [6.45, 7) is 5.39. The van der Waals surface area contributed by atoms with Crippen molar-refractivity contribution in [1.82, 2.24) is 30.3 Å². The predicted octanol–water partition coefficient (Wildman–Crippen LogP) is 6.83. The van der Waals surface area contributed by atoms with Gasteiger partial charge < -0.3 is 26.2 Å². The lowest BCUT2D eigenvalue weighted by atomic mass is 9.96. The molecule has 52 heavy (non-hydrogen) atoms. The molecule has 272 valence electrons. The van der Waals surface area contributed by atoms with Crippen molar-refractivity contribution in [2.75, 3.05) is 36.8 Å². The number of urea groups is 1. The maximum atomic E-state index is 13.5. The molecule has 0 unspecified atom stereocenters. The molecule has 1 aliphatic carbocycles. The van der Waals surface area contributed by atoms with Crippen molar-refractivity contribution in [3.8, 4) is 22.4 Å². The predicted molar refractivity (Wildman–Crippen MR) is 204 cm³/mol. The van der Waals surface area contributed by atoms with Gasteiger partial charge in [0, 0.05) is 54.8 Å². The Kier molecular flexibility index (Phi) is 12.2. The number of carbonyl (C=O) groups excluding carboxylic acids is 3. The van der Waals surface area contributed by atoms with Crippen LogP contribution < -0.4 is 26.8 Å². The summed E-state index contributed by atoms with van der Waals surface area (Å²) in [4.78, 5) is 59.4. The molecule has 2 aromatic carbocycles. The second kappa shape index (κ2) is 17.2. The summed E-state index contributed by atoms with van der Waals surface area (Å²) in [5.41, 5.74) is 2.93. The van der Waals surface area contributed by atoms with E-state index in [0.717, 1.165) is 50.9 Å². The van der Waals surface area contributed by atoms with Crippen molar-refractivity contribution >= 4 is 52.4 Å². The number of hydrogen-bond acceptors (Lipinski definition) is 7. The third-order valence-electron chi connectivity index (χ3n) is 9.42. The monoisotopic (exact) mass is 744 g/mol. The van der Waals surface area contributed by atoms with Gasteiger partial charge in [0.25, 0.3) is 17.4 Å². The van der Waals surface area contributed by atoms with Gasteiger partial charge in [-0.2, -0.15) is 5.10 Å². The van der Waals surface area contributed by atoms with E-state index in [1.165, 1.54) is 42.4 Å². The van der Waals surface area contributed by atoms with E-state index < -0.39 is 11.6 Å². The molecule has 2 fully saturated rings. The molecule has 0 spiro atoms. The SMILES string of the molecule is CCn1nc(-c2cccc(-c3cc(C(=O)NCCN4CCCCC4)cc(C(=O)NC4CCCC4)c3)c2)cc(NC(=O)Nc2c(Cl)cncc2Cl)c1=O. The fourth-order valence-corrected chi connectivity index (χ4v) is 7.11. The number of likely N-dealkylation sites (tertiary alicyclic amines) is 1. The summed E-state index contributed by atoms with van der Waals surface area (Å²) in [5.74, 6) is -0.461. The first-order valence-corrected chi connectivity index (χ1v) is 18.5. The van der Waals surface area contributed by atoms with Gasteiger partial charge in [-0.05, 0) is 87.2 Å². The average molecular weight is 746 g/mol. The molecule has 2 aromatic heterocycles. The summed E-state index contributed by atoms with van der Waals surface area (Å²) < 4.78 is 1.25. The van der Waals surface area contributed by atoms with Crippen LogP contribution in [0.4, 0.5) is 16.2 Å². The third kappa shape index (κ3) is 9.17. The number of halogens is 2. The van der Waals surface area contributed by atoms with Gasteiger partial charge in [-0.1, -0.05) is 60.7 Å². The minimum Gasteiger partial charge on any atom is -0.351 e. The van der Waals surface area contributed by atoms with Gasteiger partial charge in [0.15, 0.2) is 0 Å². The first-order chi connectivity index (χ1) is 25.2. The van der Waals surface area contributed by atoms with Crippen molar-refractivity contribution in [3.63, 3.8) is 0 Å².